The van der Waals surface area contributed by atoms with Crippen molar-refractivity contribution in [3.05, 3.63) is 127 Å². The van der Waals surface area contributed by atoms with Gasteiger partial charge >= 0.3 is 6.03 Å². The van der Waals surface area contributed by atoms with Crippen LogP contribution in [-0.2, 0) is 22.8 Å². The average molecular weight is 662 g/mol. The lowest BCUT2D eigenvalue weighted by Gasteiger charge is -2.26. The van der Waals surface area contributed by atoms with E-state index >= 15 is 0 Å². The fraction of sp³-hybridized carbons (Fsp3) is 0.121. The molecule has 11 nitrogen and oxygen atoms in total. The number of amides is 4. The monoisotopic (exact) mass is 661 g/mol. The number of imide groups is 2. The minimum Gasteiger partial charge on any atom is -0.490 e. The molecular formula is C33H25Cl2N3O8. The molecule has 4 aromatic carbocycles. The summed E-state index contributed by atoms with van der Waals surface area (Å²) in [7, 11) is 0. The SMILES string of the molecule is CCOc1cc(COc2c(Cl)cc(/C=C3/C(=O)NC(=O)N(c4cccc([N+](=O)[O-])c4)C3=O)cc2Cl)ccc1OCc1ccccc1. The number of hydrogen-bond acceptors (Lipinski definition) is 8. The Labute approximate surface area is 273 Å². The van der Waals surface area contributed by atoms with E-state index < -0.39 is 28.3 Å². The van der Waals surface area contributed by atoms with Crippen LogP contribution in [0.25, 0.3) is 6.08 Å². The van der Waals surface area contributed by atoms with Gasteiger partial charge in [0.1, 0.15) is 18.8 Å². The van der Waals surface area contributed by atoms with Gasteiger partial charge in [-0.05, 0) is 60.0 Å². The van der Waals surface area contributed by atoms with Crippen molar-refractivity contribution < 1.29 is 33.5 Å². The molecule has 4 aromatic rings. The lowest BCUT2D eigenvalue weighted by atomic mass is 10.1. The molecule has 0 unspecified atom stereocenters. The van der Waals surface area contributed by atoms with Crippen molar-refractivity contribution in [3.63, 3.8) is 0 Å². The first-order chi connectivity index (χ1) is 22.1. The highest BCUT2D eigenvalue weighted by atomic mass is 35.5. The van der Waals surface area contributed by atoms with Gasteiger partial charge in [0, 0.05) is 12.1 Å². The number of barbiturate groups is 1. The maximum absolute atomic E-state index is 13.2. The molecule has 5 rings (SSSR count). The smallest absolute Gasteiger partial charge is 0.335 e. The van der Waals surface area contributed by atoms with E-state index in [0.717, 1.165) is 17.2 Å². The predicted molar refractivity (Wildman–Crippen MR) is 171 cm³/mol. The van der Waals surface area contributed by atoms with E-state index in [-0.39, 0.29) is 39.3 Å². The summed E-state index contributed by atoms with van der Waals surface area (Å²) in [6, 6.07) is 21.9. The number of benzene rings is 4. The minimum absolute atomic E-state index is 0.0834. The van der Waals surface area contributed by atoms with Gasteiger partial charge in [-0.1, -0.05) is 65.7 Å². The second-order valence-corrected chi connectivity index (χ2v) is 10.6. The molecule has 1 aliphatic heterocycles. The molecule has 234 valence electrons. The van der Waals surface area contributed by atoms with E-state index in [1.807, 2.05) is 43.3 Å². The summed E-state index contributed by atoms with van der Waals surface area (Å²) >= 11 is 13.0. The number of ether oxygens (including phenoxy) is 3. The molecule has 4 amide bonds. The Kier molecular flexibility index (Phi) is 9.85. The molecule has 46 heavy (non-hydrogen) atoms. The van der Waals surface area contributed by atoms with E-state index in [1.165, 1.54) is 36.4 Å². The normalized spacial score (nSPS) is 13.8. The van der Waals surface area contributed by atoms with Crippen molar-refractivity contribution in [3.8, 4) is 17.2 Å². The van der Waals surface area contributed by atoms with Crippen LogP contribution in [0.5, 0.6) is 17.2 Å². The first-order valence-electron chi connectivity index (χ1n) is 13.8. The van der Waals surface area contributed by atoms with Gasteiger partial charge in [-0.2, -0.15) is 0 Å². The van der Waals surface area contributed by atoms with Crippen LogP contribution in [-0.4, -0.2) is 29.4 Å². The first-order valence-corrected chi connectivity index (χ1v) is 14.6. The largest absolute Gasteiger partial charge is 0.490 e. The van der Waals surface area contributed by atoms with E-state index in [2.05, 4.69) is 5.32 Å². The number of carbonyl (C=O) groups excluding carboxylic acids is 3. The van der Waals surface area contributed by atoms with Gasteiger partial charge in [-0.15, -0.1) is 0 Å². The second-order valence-electron chi connectivity index (χ2n) is 9.83. The summed E-state index contributed by atoms with van der Waals surface area (Å²) in [6.45, 7) is 2.76. The number of halogens is 2. The molecule has 1 heterocycles. The number of carbonyl (C=O) groups is 3. The third-order valence-corrected chi connectivity index (χ3v) is 7.22. The highest BCUT2D eigenvalue weighted by Crippen LogP contribution is 2.37. The number of urea groups is 1. The number of rotatable bonds is 11. The van der Waals surface area contributed by atoms with Gasteiger partial charge < -0.3 is 14.2 Å². The van der Waals surface area contributed by atoms with Gasteiger partial charge in [-0.3, -0.25) is 25.0 Å². The average Bonchev–Trinajstić information content (AvgIpc) is 3.03. The number of nitrogens with one attached hydrogen (secondary N) is 1. The van der Waals surface area contributed by atoms with Crippen LogP contribution in [0, 0.1) is 10.1 Å². The Morgan fingerprint density at radius 2 is 1.54 bits per heavy atom. The topological polar surface area (TPSA) is 137 Å². The summed E-state index contributed by atoms with van der Waals surface area (Å²) in [6.07, 6.45) is 1.21. The molecule has 1 saturated heterocycles. The van der Waals surface area contributed by atoms with Crippen molar-refractivity contribution >= 4 is 58.5 Å². The standard InChI is InChI=1S/C33H25Cl2N3O8/c1-2-44-29-16-21(11-12-28(29)45-18-20-7-4-3-5-8-20)19-46-30-26(34)14-22(15-27(30)35)13-25-31(39)36-33(41)37(32(25)40)23-9-6-10-24(17-23)38(42)43/h3-17H,2,18-19H2,1H3,(H,36,39,41)/b25-13-. The maximum atomic E-state index is 13.2. The molecule has 1 N–H and O–H groups in total. The highest BCUT2D eigenvalue weighted by Gasteiger charge is 2.37. The molecule has 0 radical (unpaired) electrons. The van der Waals surface area contributed by atoms with Crippen molar-refractivity contribution in [2.24, 2.45) is 0 Å². The zero-order valence-electron chi connectivity index (χ0n) is 24.2. The number of nitro groups is 1. The van der Waals surface area contributed by atoms with Crippen LogP contribution in [0.3, 0.4) is 0 Å². The summed E-state index contributed by atoms with van der Waals surface area (Å²) in [5.41, 5.74) is 1.21. The third-order valence-electron chi connectivity index (χ3n) is 6.66. The molecule has 0 spiro atoms. The van der Waals surface area contributed by atoms with E-state index in [4.69, 9.17) is 37.4 Å². The van der Waals surface area contributed by atoms with Crippen LogP contribution < -0.4 is 24.4 Å². The second kappa shape index (κ2) is 14.1. The Balaban J connectivity index is 1.32. The zero-order valence-corrected chi connectivity index (χ0v) is 25.7. The van der Waals surface area contributed by atoms with Gasteiger partial charge in [-0.25, -0.2) is 9.69 Å². The third kappa shape index (κ3) is 7.28. The van der Waals surface area contributed by atoms with Crippen molar-refractivity contribution in [2.75, 3.05) is 11.5 Å². The molecule has 0 aliphatic carbocycles. The number of nitrogens with zero attached hydrogens (tertiary/aromatic N) is 2. The van der Waals surface area contributed by atoms with Gasteiger partial charge in [0.2, 0.25) is 0 Å². The highest BCUT2D eigenvalue weighted by molar-refractivity contribution is 6.40. The van der Waals surface area contributed by atoms with Crippen LogP contribution in [0.15, 0.2) is 90.5 Å². The Morgan fingerprint density at radius 1 is 0.826 bits per heavy atom. The maximum Gasteiger partial charge on any atom is 0.335 e. The van der Waals surface area contributed by atoms with Gasteiger partial charge in [0.25, 0.3) is 17.5 Å². The molecule has 1 aliphatic rings. The van der Waals surface area contributed by atoms with Crippen LogP contribution >= 0.6 is 23.2 Å². The predicted octanol–water partition coefficient (Wildman–Crippen LogP) is 7.12. The Morgan fingerprint density at radius 3 is 2.24 bits per heavy atom. The van der Waals surface area contributed by atoms with Crippen molar-refractivity contribution in [1.82, 2.24) is 5.32 Å². The molecule has 0 atom stereocenters. The molecule has 13 heteroatoms. The van der Waals surface area contributed by atoms with Crippen LogP contribution in [0.2, 0.25) is 10.0 Å². The van der Waals surface area contributed by atoms with E-state index in [9.17, 15) is 24.5 Å². The number of anilines is 1. The van der Waals surface area contributed by atoms with E-state index in [1.54, 1.807) is 12.1 Å². The summed E-state index contributed by atoms with van der Waals surface area (Å²) in [5, 5.41) is 13.5. The summed E-state index contributed by atoms with van der Waals surface area (Å²) in [5.74, 6) is -0.643. The molecule has 0 saturated carbocycles. The Bertz CT molecular complexity index is 1840. The lowest BCUT2D eigenvalue weighted by Crippen LogP contribution is -2.54. The Hall–Kier alpha value is -5.39. The minimum atomic E-state index is -1.05. The number of hydrogen-bond donors (Lipinski definition) is 1. The van der Waals surface area contributed by atoms with Crippen molar-refractivity contribution in [2.45, 2.75) is 20.1 Å². The fourth-order valence-electron chi connectivity index (χ4n) is 4.53. The zero-order chi connectivity index (χ0) is 32.8. The molecule has 1 fully saturated rings. The van der Waals surface area contributed by atoms with E-state index in [0.29, 0.717) is 29.6 Å². The van der Waals surface area contributed by atoms with Gasteiger partial charge in [0.05, 0.1) is 27.3 Å². The van der Waals surface area contributed by atoms with Crippen LogP contribution in [0.1, 0.15) is 23.6 Å². The fourth-order valence-corrected chi connectivity index (χ4v) is 5.14. The van der Waals surface area contributed by atoms with Crippen LogP contribution in [0.4, 0.5) is 16.2 Å². The number of non-ortho nitro benzene ring substituents is 1. The molecule has 0 aromatic heterocycles. The first kappa shape index (κ1) is 32.0. The van der Waals surface area contributed by atoms with Crippen molar-refractivity contribution in [1.29, 1.82) is 0 Å². The molecular weight excluding hydrogens is 637 g/mol. The molecule has 0 bridgehead atoms. The number of nitro benzene ring substituents is 1. The van der Waals surface area contributed by atoms with Gasteiger partial charge in [0.15, 0.2) is 17.2 Å². The quantitative estimate of drug-likeness (QED) is 0.0776. The summed E-state index contributed by atoms with van der Waals surface area (Å²) < 4.78 is 17.7. The summed E-state index contributed by atoms with van der Waals surface area (Å²) in [4.78, 5) is 49.5. The lowest BCUT2D eigenvalue weighted by molar-refractivity contribution is -0.384.